The van der Waals surface area contributed by atoms with Crippen molar-refractivity contribution in [1.29, 1.82) is 0 Å². The molecule has 0 amide bonds. The number of hydrogen-bond donors (Lipinski definition) is 2. The van der Waals surface area contributed by atoms with E-state index in [4.69, 9.17) is 0 Å². The highest BCUT2D eigenvalue weighted by atomic mass is 19.4. The summed E-state index contributed by atoms with van der Waals surface area (Å²) in [5, 5.41) is 11.4. The van der Waals surface area contributed by atoms with Gasteiger partial charge in [0.25, 0.3) is 0 Å². The number of benzene rings is 2. The second kappa shape index (κ2) is 9.70. The van der Waals surface area contributed by atoms with Gasteiger partial charge in [-0.3, -0.25) is 15.1 Å². The molecule has 0 spiro atoms. The molecule has 33 heavy (non-hydrogen) atoms. The van der Waals surface area contributed by atoms with Crippen LogP contribution in [0.25, 0.3) is 22.3 Å². The topological polar surface area (TPSA) is 62.2 Å². The number of alkyl halides is 4. The fourth-order valence-electron chi connectivity index (χ4n) is 3.55. The molecular formula is C25H24F4N2O2. The maximum absolute atomic E-state index is 13.9. The highest BCUT2D eigenvalue weighted by Gasteiger charge is 2.43. The van der Waals surface area contributed by atoms with Gasteiger partial charge in [0.05, 0.1) is 0 Å². The Morgan fingerprint density at radius 3 is 1.67 bits per heavy atom. The van der Waals surface area contributed by atoms with Crippen LogP contribution in [0.5, 0.6) is 0 Å². The van der Waals surface area contributed by atoms with Crippen LogP contribution in [0.1, 0.15) is 31.9 Å². The van der Waals surface area contributed by atoms with E-state index in [0.29, 0.717) is 5.56 Å². The number of carbonyl (C=O) groups is 1. The second-order valence-electron chi connectivity index (χ2n) is 8.39. The van der Waals surface area contributed by atoms with Gasteiger partial charge in [0.1, 0.15) is 17.8 Å². The van der Waals surface area contributed by atoms with Gasteiger partial charge in [-0.1, -0.05) is 48.5 Å². The van der Waals surface area contributed by atoms with Crippen molar-refractivity contribution in [2.75, 3.05) is 0 Å². The first-order valence-corrected chi connectivity index (χ1v) is 10.3. The Balaban J connectivity index is 1.83. The molecule has 3 aromatic rings. The van der Waals surface area contributed by atoms with E-state index in [1.54, 1.807) is 24.5 Å². The Labute approximate surface area is 189 Å². The summed E-state index contributed by atoms with van der Waals surface area (Å²) in [7, 11) is 0. The lowest BCUT2D eigenvalue weighted by molar-refractivity contribution is -0.164. The number of carboxylic acid groups (broad SMARTS) is 1. The third-order valence-corrected chi connectivity index (χ3v) is 5.16. The zero-order chi connectivity index (χ0) is 24.2. The summed E-state index contributed by atoms with van der Waals surface area (Å²) in [6.45, 7) is 2.25. The Morgan fingerprint density at radius 2 is 1.27 bits per heavy atom. The molecule has 0 unspecified atom stereocenters. The first kappa shape index (κ1) is 24.4. The van der Waals surface area contributed by atoms with Crippen molar-refractivity contribution >= 4 is 5.97 Å². The second-order valence-corrected chi connectivity index (χ2v) is 8.39. The number of nitrogens with zero attached hydrogens (tertiary/aromatic N) is 1. The fraction of sp³-hybridized carbons (Fsp3) is 0.280. The van der Waals surface area contributed by atoms with Crippen LogP contribution >= 0.6 is 0 Å². The van der Waals surface area contributed by atoms with Crippen LogP contribution in [0.4, 0.5) is 17.6 Å². The molecule has 3 rings (SSSR count). The van der Waals surface area contributed by atoms with Crippen LogP contribution in [0.15, 0.2) is 73.1 Å². The van der Waals surface area contributed by atoms with Gasteiger partial charge in [-0.15, -0.1) is 0 Å². The molecule has 0 saturated heterocycles. The number of aliphatic carboxylic acids is 1. The molecule has 0 fully saturated rings. The summed E-state index contributed by atoms with van der Waals surface area (Å²) in [4.78, 5) is 15.4. The number of nitrogens with one attached hydrogen (secondary N) is 1. The lowest BCUT2D eigenvalue weighted by atomic mass is 9.96. The van der Waals surface area contributed by atoms with E-state index in [0.717, 1.165) is 30.5 Å². The van der Waals surface area contributed by atoms with Crippen molar-refractivity contribution in [2.24, 2.45) is 0 Å². The minimum absolute atomic E-state index is 0.150. The summed E-state index contributed by atoms with van der Waals surface area (Å²) in [5.41, 5.74) is 1.41. The SMILES string of the molecule is CC(C)(F)C[C@H](N[C@@H](c1ccc(-c2ccc(-c3ccncc3)cc2)cc1)C(F)(F)F)C(=O)O. The molecule has 2 N–H and O–H groups in total. The molecule has 1 heterocycles. The van der Waals surface area contributed by atoms with Crippen LogP contribution < -0.4 is 5.32 Å². The molecule has 4 nitrogen and oxygen atoms in total. The summed E-state index contributed by atoms with van der Waals surface area (Å²) in [6, 6.07) is 13.1. The van der Waals surface area contributed by atoms with Gasteiger partial charge in [-0.05, 0) is 53.8 Å². The van der Waals surface area contributed by atoms with E-state index in [1.807, 2.05) is 36.4 Å². The lowest BCUT2D eigenvalue weighted by Crippen LogP contribution is -2.47. The predicted molar refractivity (Wildman–Crippen MR) is 118 cm³/mol. The zero-order valence-electron chi connectivity index (χ0n) is 18.1. The molecule has 8 heteroatoms. The summed E-state index contributed by atoms with van der Waals surface area (Å²) in [6.07, 6.45) is -1.98. The quantitative estimate of drug-likeness (QED) is 0.393. The van der Waals surface area contributed by atoms with Crippen molar-refractivity contribution in [1.82, 2.24) is 10.3 Å². The van der Waals surface area contributed by atoms with Crippen molar-refractivity contribution < 1.29 is 27.5 Å². The molecule has 2 atom stereocenters. The number of hydrogen-bond acceptors (Lipinski definition) is 3. The number of halogens is 4. The Bertz CT molecular complexity index is 1060. The van der Waals surface area contributed by atoms with Crippen molar-refractivity contribution in [3.8, 4) is 22.3 Å². The van der Waals surface area contributed by atoms with E-state index in [9.17, 15) is 27.5 Å². The molecule has 1 aromatic heterocycles. The monoisotopic (exact) mass is 460 g/mol. The van der Waals surface area contributed by atoms with Crippen LogP contribution in [-0.4, -0.2) is 33.9 Å². The number of carboxylic acids is 1. The fourth-order valence-corrected chi connectivity index (χ4v) is 3.55. The third-order valence-electron chi connectivity index (χ3n) is 5.16. The minimum atomic E-state index is -4.76. The first-order valence-electron chi connectivity index (χ1n) is 10.3. The van der Waals surface area contributed by atoms with Gasteiger partial charge >= 0.3 is 12.1 Å². The van der Waals surface area contributed by atoms with Crippen LogP contribution in [-0.2, 0) is 4.79 Å². The average Bonchev–Trinajstić information content (AvgIpc) is 2.76. The van der Waals surface area contributed by atoms with Crippen LogP contribution in [0.3, 0.4) is 0 Å². The largest absolute Gasteiger partial charge is 0.480 e. The molecule has 174 valence electrons. The van der Waals surface area contributed by atoms with Crippen molar-refractivity contribution in [3.63, 3.8) is 0 Å². The van der Waals surface area contributed by atoms with Gasteiger partial charge in [0.15, 0.2) is 0 Å². The molecule has 0 bridgehead atoms. The predicted octanol–water partition coefficient (Wildman–Crippen LogP) is 6.20. The highest BCUT2D eigenvalue weighted by molar-refractivity contribution is 5.74. The third kappa shape index (κ3) is 6.61. The lowest BCUT2D eigenvalue weighted by Gasteiger charge is -2.28. The smallest absolute Gasteiger partial charge is 0.407 e. The normalized spacial score (nSPS) is 14.0. The van der Waals surface area contributed by atoms with E-state index in [-0.39, 0.29) is 5.56 Å². The molecular weight excluding hydrogens is 436 g/mol. The Kier molecular flexibility index (Phi) is 7.17. The molecule has 0 aliphatic rings. The van der Waals surface area contributed by atoms with Crippen molar-refractivity contribution in [2.45, 2.75) is 44.2 Å². The standard InChI is InChI=1S/C25H24F4N2O2/c1-24(2,26)15-21(23(32)33)31-22(25(27,28)29)20-9-7-17(8-10-20)16-3-5-18(6-4-16)19-11-13-30-14-12-19/h3-14,21-22,31H,15H2,1-2H3,(H,32,33)/t21-,22-/m0/s1. The molecule has 0 aliphatic carbocycles. The van der Waals surface area contributed by atoms with Crippen molar-refractivity contribution in [3.05, 3.63) is 78.6 Å². The Hall–Kier alpha value is -3.26. The molecule has 0 saturated carbocycles. The Morgan fingerprint density at radius 1 is 0.848 bits per heavy atom. The van der Waals surface area contributed by atoms with Gasteiger partial charge in [0, 0.05) is 18.8 Å². The summed E-state index contributed by atoms with van der Waals surface area (Å²) >= 11 is 0. The highest BCUT2D eigenvalue weighted by Crippen LogP contribution is 2.35. The van der Waals surface area contributed by atoms with Crippen LogP contribution in [0, 0.1) is 0 Å². The number of aromatic nitrogens is 1. The first-order chi connectivity index (χ1) is 15.4. The van der Waals surface area contributed by atoms with Gasteiger partial charge in [-0.2, -0.15) is 13.2 Å². The van der Waals surface area contributed by atoms with Gasteiger partial charge in [0.2, 0.25) is 0 Å². The molecule has 0 radical (unpaired) electrons. The van der Waals surface area contributed by atoms with E-state index in [2.05, 4.69) is 10.3 Å². The zero-order valence-corrected chi connectivity index (χ0v) is 18.1. The summed E-state index contributed by atoms with van der Waals surface area (Å²) < 4.78 is 55.2. The van der Waals surface area contributed by atoms with Gasteiger partial charge < -0.3 is 5.11 Å². The molecule has 2 aromatic carbocycles. The van der Waals surface area contributed by atoms with Crippen LogP contribution in [0.2, 0.25) is 0 Å². The summed E-state index contributed by atoms with van der Waals surface area (Å²) in [5.74, 6) is -1.54. The maximum Gasteiger partial charge on any atom is 0.407 e. The number of rotatable bonds is 8. The van der Waals surface area contributed by atoms with E-state index < -0.39 is 36.3 Å². The average molecular weight is 460 g/mol. The number of pyridine rings is 1. The van der Waals surface area contributed by atoms with Gasteiger partial charge in [-0.25, -0.2) is 4.39 Å². The van der Waals surface area contributed by atoms with E-state index >= 15 is 0 Å². The minimum Gasteiger partial charge on any atom is -0.480 e. The molecule has 0 aliphatic heterocycles. The van der Waals surface area contributed by atoms with E-state index in [1.165, 1.54) is 12.1 Å². The maximum atomic E-state index is 13.9.